The van der Waals surface area contributed by atoms with Crippen molar-refractivity contribution in [3.63, 3.8) is 0 Å². The number of hydrogen-bond donors (Lipinski definition) is 1. The van der Waals surface area contributed by atoms with E-state index in [9.17, 15) is 18.0 Å². The summed E-state index contributed by atoms with van der Waals surface area (Å²) in [7, 11) is -2.14. The van der Waals surface area contributed by atoms with E-state index in [0.717, 1.165) is 24.7 Å². The molecule has 2 rings (SSSR count). The Balaban J connectivity index is 2.21. The summed E-state index contributed by atoms with van der Waals surface area (Å²) in [6.45, 7) is 4.82. The zero-order valence-electron chi connectivity index (χ0n) is 22.1. The second-order valence-electron chi connectivity index (χ2n) is 8.83. The first-order valence-electron chi connectivity index (χ1n) is 12.5. The van der Waals surface area contributed by atoms with Gasteiger partial charge in [0.25, 0.3) is 0 Å². The molecule has 0 heterocycles. The largest absolute Gasteiger partial charge is 0.495 e. The lowest BCUT2D eigenvalue weighted by Crippen LogP contribution is -2.49. The first-order chi connectivity index (χ1) is 17.6. The number of carbonyl (C=O) groups is 2. The summed E-state index contributed by atoms with van der Waals surface area (Å²) >= 11 is 6.02. The normalized spacial score (nSPS) is 12.0. The molecular weight excluding hydrogens is 514 g/mol. The van der Waals surface area contributed by atoms with E-state index in [1.807, 2.05) is 26.0 Å². The van der Waals surface area contributed by atoms with E-state index >= 15 is 0 Å². The molecule has 2 aromatic rings. The Morgan fingerprint density at radius 1 is 1.05 bits per heavy atom. The molecule has 0 fully saturated rings. The van der Waals surface area contributed by atoms with Gasteiger partial charge >= 0.3 is 0 Å². The van der Waals surface area contributed by atoms with Gasteiger partial charge in [-0.3, -0.25) is 13.9 Å². The Morgan fingerprint density at radius 3 is 2.32 bits per heavy atom. The van der Waals surface area contributed by atoms with Crippen molar-refractivity contribution in [3.05, 3.63) is 59.1 Å². The Labute approximate surface area is 226 Å². The first-order valence-corrected chi connectivity index (χ1v) is 14.8. The van der Waals surface area contributed by atoms with Crippen molar-refractivity contribution in [3.8, 4) is 5.75 Å². The molecular formula is C27H38ClN3O5S. The highest BCUT2D eigenvalue weighted by Crippen LogP contribution is 2.30. The van der Waals surface area contributed by atoms with Crippen LogP contribution in [0.3, 0.4) is 0 Å². The van der Waals surface area contributed by atoms with Crippen LogP contribution in [0.4, 0.5) is 5.69 Å². The van der Waals surface area contributed by atoms with E-state index in [1.54, 1.807) is 41.3 Å². The van der Waals surface area contributed by atoms with Crippen molar-refractivity contribution in [2.24, 2.45) is 0 Å². The topological polar surface area (TPSA) is 96.0 Å². The number of rotatable bonds is 15. The molecule has 204 valence electrons. The molecule has 0 aromatic heterocycles. The molecule has 0 radical (unpaired) electrons. The van der Waals surface area contributed by atoms with Crippen LogP contribution in [0.2, 0.25) is 5.02 Å². The lowest BCUT2D eigenvalue weighted by molar-refractivity contribution is -0.141. The van der Waals surface area contributed by atoms with E-state index in [4.69, 9.17) is 16.3 Å². The molecule has 0 saturated heterocycles. The van der Waals surface area contributed by atoms with Crippen molar-refractivity contribution in [2.45, 2.75) is 58.5 Å². The third-order valence-electron chi connectivity index (χ3n) is 5.99. The second-order valence-corrected chi connectivity index (χ2v) is 11.2. The van der Waals surface area contributed by atoms with Crippen molar-refractivity contribution < 1.29 is 22.7 Å². The number of sulfonamides is 1. The lowest BCUT2D eigenvalue weighted by Gasteiger charge is -2.31. The van der Waals surface area contributed by atoms with E-state index < -0.39 is 16.1 Å². The summed E-state index contributed by atoms with van der Waals surface area (Å²) in [5.41, 5.74) is 1.27. The van der Waals surface area contributed by atoms with E-state index in [2.05, 4.69) is 5.32 Å². The van der Waals surface area contributed by atoms with Gasteiger partial charge in [-0.15, -0.1) is 0 Å². The third kappa shape index (κ3) is 9.23. The molecule has 10 heteroatoms. The SMILES string of the molecule is CCCCNC(=O)[C@H](CC)N(Cc1ccc(Cl)cc1)C(=O)CCCN(c1ccccc1OC)S(C)(=O)=O. The molecule has 0 aliphatic rings. The molecule has 0 unspecified atom stereocenters. The number of unbranched alkanes of at least 4 members (excludes halogenated alkanes) is 1. The number of hydrogen-bond acceptors (Lipinski definition) is 5. The molecule has 8 nitrogen and oxygen atoms in total. The van der Waals surface area contributed by atoms with Crippen molar-refractivity contribution in [1.82, 2.24) is 10.2 Å². The van der Waals surface area contributed by atoms with Crippen LogP contribution in [0.5, 0.6) is 5.75 Å². The molecule has 0 spiro atoms. The number of nitrogens with one attached hydrogen (secondary N) is 1. The van der Waals surface area contributed by atoms with Gasteiger partial charge in [0, 0.05) is 31.1 Å². The minimum Gasteiger partial charge on any atom is -0.495 e. The fourth-order valence-corrected chi connectivity index (χ4v) is 5.13. The highest BCUT2D eigenvalue weighted by Gasteiger charge is 2.29. The predicted molar refractivity (Wildman–Crippen MR) is 148 cm³/mol. The maximum atomic E-state index is 13.5. The summed E-state index contributed by atoms with van der Waals surface area (Å²) < 4.78 is 31.7. The Kier molecular flexibility index (Phi) is 12.2. The van der Waals surface area contributed by atoms with Crippen LogP contribution >= 0.6 is 11.6 Å². The fraction of sp³-hybridized carbons (Fsp3) is 0.481. The summed E-state index contributed by atoms with van der Waals surface area (Å²) in [5, 5.41) is 3.52. The smallest absolute Gasteiger partial charge is 0.242 e. The maximum Gasteiger partial charge on any atom is 0.242 e. The average Bonchev–Trinajstić information content (AvgIpc) is 2.87. The van der Waals surface area contributed by atoms with Crippen LogP contribution < -0.4 is 14.4 Å². The minimum atomic E-state index is -3.62. The van der Waals surface area contributed by atoms with Crippen LogP contribution in [0.15, 0.2) is 48.5 Å². The molecule has 0 aliphatic heterocycles. The zero-order chi connectivity index (χ0) is 27.4. The Hall–Kier alpha value is -2.78. The molecule has 0 bridgehead atoms. The number of benzene rings is 2. The standard InChI is InChI=1S/C27H38ClN3O5S/c1-5-7-18-29-27(33)23(6-2)30(20-21-14-16-22(28)17-15-21)26(32)13-10-19-31(37(4,34)35)24-11-8-9-12-25(24)36-3/h8-9,11-12,14-17,23H,5-7,10,13,18-20H2,1-4H3,(H,29,33)/t23-/m0/s1. The molecule has 2 amide bonds. The van der Waals surface area contributed by atoms with Crippen molar-refractivity contribution >= 4 is 39.1 Å². The number of methoxy groups -OCH3 is 1. The Morgan fingerprint density at radius 2 is 1.73 bits per heavy atom. The molecule has 1 N–H and O–H groups in total. The fourth-order valence-electron chi connectivity index (χ4n) is 4.03. The third-order valence-corrected chi connectivity index (χ3v) is 7.42. The lowest BCUT2D eigenvalue weighted by atomic mass is 10.1. The van der Waals surface area contributed by atoms with Gasteiger partial charge < -0.3 is 15.0 Å². The molecule has 0 aliphatic carbocycles. The number of anilines is 1. The van der Waals surface area contributed by atoms with Gasteiger partial charge in [0.05, 0.1) is 19.1 Å². The van der Waals surface area contributed by atoms with E-state index in [0.29, 0.717) is 29.4 Å². The van der Waals surface area contributed by atoms with Gasteiger partial charge in [0.1, 0.15) is 11.8 Å². The van der Waals surface area contributed by atoms with Crippen LogP contribution in [0, 0.1) is 0 Å². The van der Waals surface area contributed by atoms with E-state index in [-0.39, 0.29) is 37.7 Å². The number of para-hydroxylation sites is 2. The summed E-state index contributed by atoms with van der Waals surface area (Å²) in [5.74, 6) is 0.0179. The average molecular weight is 552 g/mol. The van der Waals surface area contributed by atoms with Gasteiger partial charge in [-0.25, -0.2) is 8.42 Å². The highest BCUT2D eigenvalue weighted by atomic mass is 35.5. The maximum absolute atomic E-state index is 13.5. The number of amides is 2. The van der Waals surface area contributed by atoms with Gasteiger partial charge in [0.2, 0.25) is 21.8 Å². The molecule has 2 aromatic carbocycles. The number of halogens is 1. The number of carbonyl (C=O) groups excluding carboxylic acids is 2. The summed E-state index contributed by atoms with van der Waals surface area (Å²) in [6, 6.07) is 13.4. The van der Waals surface area contributed by atoms with Crippen LogP contribution in [-0.2, 0) is 26.2 Å². The van der Waals surface area contributed by atoms with E-state index in [1.165, 1.54) is 11.4 Å². The van der Waals surface area contributed by atoms with Crippen LogP contribution in [0.1, 0.15) is 51.5 Å². The second kappa shape index (κ2) is 14.8. The summed E-state index contributed by atoms with van der Waals surface area (Å²) in [4.78, 5) is 28.0. The molecule has 1 atom stereocenters. The highest BCUT2D eigenvalue weighted by molar-refractivity contribution is 7.92. The van der Waals surface area contributed by atoms with Crippen LogP contribution in [0.25, 0.3) is 0 Å². The van der Waals surface area contributed by atoms with Crippen LogP contribution in [-0.4, -0.2) is 57.6 Å². The zero-order valence-corrected chi connectivity index (χ0v) is 23.6. The number of ether oxygens (including phenoxy) is 1. The van der Waals surface area contributed by atoms with Crippen molar-refractivity contribution in [2.75, 3.05) is 30.8 Å². The number of nitrogens with zero attached hydrogens (tertiary/aromatic N) is 2. The summed E-state index contributed by atoms with van der Waals surface area (Å²) in [6.07, 6.45) is 3.74. The predicted octanol–water partition coefficient (Wildman–Crippen LogP) is 4.62. The Bertz CT molecular complexity index is 1130. The van der Waals surface area contributed by atoms with Gasteiger partial charge in [-0.05, 0) is 49.1 Å². The van der Waals surface area contributed by atoms with Gasteiger partial charge in [-0.1, -0.05) is 56.1 Å². The van der Waals surface area contributed by atoms with Crippen molar-refractivity contribution in [1.29, 1.82) is 0 Å². The van der Waals surface area contributed by atoms with Gasteiger partial charge in [-0.2, -0.15) is 0 Å². The molecule has 0 saturated carbocycles. The minimum absolute atomic E-state index is 0.0769. The quantitative estimate of drug-likeness (QED) is 0.326. The monoisotopic (exact) mass is 551 g/mol. The first kappa shape index (κ1) is 30.4. The van der Waals surface area contributed by atoms with Gasteiger partial charge in [0.15, 0.2) is 0 Å². The molecule has 37 heavy (non-hydrogen) atoms.